The standard InChI is InChI=1S/C17H18N2O6/c1-23-14-7-5-12(9-13(14)19(21)22)17(20)18-10-11-4-6-15(24-2)16(8-11)25-3/h4-9H,10H2,1-3H3,(H,18,20). The molecule has 0 bridgehead atoms. The van der Waals surface area contributed by atoms with Crippen LogP contribution in [-0.2, 0) is 6.54 Å². The number of nitro groups is 1. The van der Waals surface area contributed by atoms with E-state index in [1.807, 2.05) is 0 Å². The van der Waals surface area contributed by atoms with E-state index in [4.69, 9.17) is 14.2 Å². The third kappa shape index (κ3) is 4.17. The van der Waals surface area contributed by atoms with Crippen molar-refractivity contribution in [3.8, 4) is 17.2 Å². The average Bonchev–Trinajstić information content (AvgIpc) is 2.65. The van der Waals surface area contributed by atoms with Crippen molar-refractivity contribution in [3.63, 3.8) is 0 Å². The van der Waals surface area contributed by atoms with Crippen molar-refractivity contribution in [2.75, 3.05) is 21.3 Å². The number of rotatable bonds is 7. The van der Waals surface area contributed by atoms with Crippen LogP contribution in [0.25, 0.3) is 0 Å². The summed E-state index contributed by atoms with van der Waals surface area (Å²) in [5, 5.41) is 13.7. The molecule has 0 aromatic heterocycles. The van der Waals surface area contributed by atoms with Crippen LogP contribution < -0.4 is 19.5 Å². The van der Waals surface area contributed by atoms with Crippen LogP contribution in [0.3, 0.4) is 0 Å². The molecule has 1 N–H and O–H groups in total. The Morgan fingerprint density at radius 3 is 2.24 bits per heavy atom. The van der Waals surface area contributed by atoms with E-state index in [-0.39, 0.29) is 23.5 Å². The molecule has 0 heterocycles. The first-order valence-electron chi connectivity index (χ1n) is 7.31. The highest BCUT2D eigenvalue weighted by atomic mass is 16.6. The number of carbonyl (C=O) groups excluding carboxylic acids is 1. The lowest BCUT2D eigenvalue weighted by molar-refractivity contribution is -0.385. The molecule has 2 rings (SSSR count). The number of nitrogens with zero attached hydrogens (tertiary/aromatic N) is 1. The lowest BCUT2D eigenvalue weighted by Gasteiger charge is -2.10. The number of hydrogen-bond donors (Lipinski definition) is 1. The Balaban J connectivity index is 2.13. The number of nitrogens with one attached hydrogen (secondary N) is 1. The van der Waals surface area contributed by atoms with Crippen LogP contribution in [0, 0.1) is 10.1 Å². The molecule has 0 aliphatic carbocycles. The third-order valence-electron chi connectivity index (χ3n) is 3.54. The minimum atomic E-state index is -0.593. The van der Waals surface area contributed by atoms with Gasteiger partial charge in [-0.05, 0) is 29.8 Å². The van der Waals surface area contributed by atoms with Gasteiger partial charge in [-0.3, -0.25) is 14.9 Å². The van der Waals surface area contributed by atoms with Gasteiger partial charge in [-0.1, -0.05) is 6.07 Å². The van der Waals surface area contributed by atoms with Gasteiger partial charge in [-0.2, -0.15) is 0 Å². The lowest BCUT2D eigenvalue weighted by atomic mass is 10.1. The molecule has 0 radical (unpaired) electrons. The monoisotopic (exact) mass is 346 g/mol. The lowest BCUT2D eigenvalue weighted by Crippen LogP contribution is -2.22. The number of methoxy groups -OCH3 is 3. The van der Waals surface area contributed by atoms with E-state index in [2.05, 4.69) is 5.32 Å². The zero-order valence-electron chi connectivity index (χ0n) is 14.1. The van der Waals surface area contributed by atoms with Gasteiger partial charge in [-0.15, -0.1) is 0 Å². The first kappa shape index (κ1) is 18.1. The van der Waals surface area contributed by atoms with E-state index in [1.54, 1.807) is 18.2 Å². The van der Waals surface area contributed by atoms with Gasteiger partial charge in [0.2, 0.25) is 0 Å². The van der Waals surface area contributed by atoms with Gasteiger partial charge in [0.15, 0.2) is 17.2 Å². The van der Waals surface area contributed by atoms with Crippen molar-refractivity contribution in [1.29, 1.82) is 0 Å². The Morgan fingerprint density at radius 2 is 1.64 bits per heavy atom. The van der Waals surface area contributed by atoms with Gasteiger partial charge in [0.05, 0.1) is 26.3 Å². The molecule has 8 nitrogen and oxygen atoms in total. The fraction of sp³-hybridized carbons (Fsp3) is 0.235. The van der Waals surface area contributed by atoms with Crippen molar-refractivity contribution >= 4 is 11.6 Å². The van der Waals surface area contributed by atoms with E-state index in [1.165, 1.54) is 39.5 Å². The summed E-state index contributed by atoms with van der Waals surface area (Å²) < 4.78 is 15.3. The van der Waals surface area contributed by atoms with Gasteiger partial charge in [0, 0.05) is 18.2 Å². The summed E-state index contributed by atoms with van der Waals surface area (Å²) in [6.07, 6.45) is 0. The van der Waals surface area contributed by atoms with Gasteiger partial charge < -0.3 is 19.5 Å². The molecule has 0 saturated carbocycles. The van der Waals surface area contributed by atoms with Crippen LogP contribution in [-0.4, -0.2) is 32.2 Å². The van der Waals surface area contributed by atoms with Gasteiger partial charge in [0.1, 0.15) is 0 Å². The molecule has 25 heavy (non-hydrogen) atoms. The zero-order valence-corrected chi connectivity index (χ0v) is 14.1. The van der Waals surface area contributed by atoms with Gasteiger partial charge in [-0.25, -0.2) is 0 Å². The Morgan fingerprint density at radius 1 is 1.00 bits per heavy atom. The zero-order chi connectivity index (χ0) is 18.4. The fourth-order valence-corrected chi connectivity index (χ4v) is 2.25. The second kappa shape index (κ2) is 8.00. The number of amides is 1. The molecule has 0 spiro atoms. The van der Waals surface area contributed by atoms with E-state index < -0.39 is 10.8 Å². The largest absolute Gasteiger partial charge is 0.493 e. The molecule has 132 valence electrons. The first-order chi connectivity index (χ1) is 12.0. The Hall–Kier alpha value is -3.29. The van der Waals surface area contributed by atoms with Crippen LogP contribution in [0.1, 0.15) is 15.9 Å². The summed E-state index contributed by atoms with van der Waals surface area (Å²) in [4.78, 5) is 22.7. The Bertz CT molecular complexity index is 791. The number of carbonyl (C=O) groups is 1. The summed E-state index contributed by atoms with van der Waals surface area (Å²) in [7, 11) is 4.39. The molecular formula is C17H18N2O6. The third-order valence-corrected chi connectivity index (χ3v) is 3.54. The molecule has 2 aromatic carbocycles. The van der Waals surface area contributed by atoms with Crippen LogP contribution in [0.4, 0.5) is 5.69 Å². The molecule has 0 fully saturated rings. The predicted octanol–water partition coefficient (Wildman–Crippen LogP) is 2.55. The van der Waals surface area contributed by atoms with E-state index in [9.17, 15) is 14.9 Å². The fourth-order valence-electron chi connectivity index (χ4n) is 2.25. The van der Waals surface area contributed by atoms with Gasteiger partial charge in [0.25, 0.3) is 5.91 Å². The molecule has 2 aromatic rings. The number of ether oxygens (including phenoxy) is 3. The van der Waals surface area contributed by atoms with Crippen molar-refractivity contribution in [2.24, 2.45) is 0 Å². The molecule has 0 aliphatic rings. The quantitative estimate of drug-likeness (QED) is 0.611. The molecule has 0 saturated heterocycles. The SMILES string of the molecule is COc1ccc(CNC(=O)c2ccc(OC)c([N+](=O)[O-])c2)cc1OC. The maximum atomic E-state index is 12.2. The van der Waals surface area contributed by atoms with Crippen molar-refractivity contribution in [1.82, 2.24) is 5.32 Å². The highest BCUT2D eigenvalue weighted by molar-refractivity contribution is 5.95. The minimum Gasteiger partial charge on any atom is -0.493 e. The molecular weight excluding hydrogens is 328 g/mol. The van der Waals surface area contributed by atoms with Crippen LogP contribution in [0.2, 0.25) is 0 Å². The predicted molar refractivity (Wildman–Crippen MR) is 90.4 cm³/mol. The molecule has 8 heteroatoms. The second-order valence-corrected chi connectivity index (χ2v) is 5.02. The highest BCUT2D eigenvalue weighted by Crippen LogP contribution is 2.28. The van der Waals surface area contributed by atoms with Gasteiger partial charge >= 0.3 is 5.69 Å². The second-order valence-electron chi connectivity index (χ2n) is 5.02. The van der Waals surface area contributed by atoms with Crippen LogP contribution in [0.5, 0.6) is 17.2 Å². The first-order valence-corrected chi connectivity index (χ1v) is 7.31. The van der Waals surface area contributed by atoms with E-state index in [0.717, 1.165) is 5.56 Å². The van der Waals surface area contributed by atoms with Crippen LogP contribution >= 0.6 is 0 Å². The van der Waals surface area contributed by atoms with Crippen molar-refractivity contribution < 1.29 is 23.9 Å². The van der Waals surface area contributed by atoms with Crippen molar-refractivity contribution in [2.45, 2.75) is 6.54 Å². The molecule has 0 aliphatic heterocycles. The molecule has 0 unspecified atom stereocenters. The maximum Gasteiger partial charge on any atom is 0.311 e. The average molecular weight is 346 g/mol. The summed E-state index contributed by atoms with van der Waals surface area (Å²) in [6.45, 7) is 0.235. The molecule has 0 atom stereocenters. The number of hydrogen-bond acceptors (Lipinski definition) is 6. The summed E-state index contributed by atoms with van der Waals surface area (Å²) >= 11 is 0. The summed E-state index contributed by atoms with van der Waals surface area (Å²) in [5.41, 5.74) is 0.711. The number of nitro benzene ring substituents is 1. The summed E-state index contributed by atoms with van der Waals surface area (Å²) in [5.74, 6) is 0.805. The maximum absolute atomic E-state index is 12.2. The number of benzene rings is 2. The smallest absolute Gasteiger partial charge is 0.311 e. The Labute approximate surface area is 144 Å². The van der Waals surface area contributed by atoms with Crippen LogP contribution in [0.15, 0.2) is 36.4 Å². The Kier molecular flexibility index (Phi) is 5.78. The molecule has 1 amide bonds. The van der Waals surface area contributed by atoms with E-state index >= 15 is 0 Å². The topological polar surface area (TPSA) is 99.9 Å². The minimum absolute atomic E-state index is 0.0986. The summed E-state index contributed by atoms with van der Waals surface area (Å²) in [6, 6.07) is 9.31. The van der Waals surface area contributed by atoms with E-state index in [0.29, 0.717) is 11.5 Å². The highest BCUT2D eigenvalue weighted by Gasteiger charge is 2.18. The van der Waals surface area contributed by atoms with Crippen molar-refractivity contribution in [3.05, 3.63) is 57.6 Å². The normalized spacial score (nSPS) is 10.0.